The molecule has 110 valence electrons. The molecule has 0 unspecified atom stereocenters. The molecule has 0 spiro atoms. The van der Waals surface area contributed by atoms with Gasteiger partial charge < -0.3 is 10.4 Å². The van der Waals surface area contributed by atoms with Crippen molar-refractivity contribution in [2.45, 2.75) is 27.2 Å². The van der Waals surface area contributed by atoms with Gasteiger partial charge in [0, 0.05) is 18.7 Å². The molecule has 1 amide bonds. The fraction of sp³-hybridized carbons (Fsp3) is 0.438. The zero-order chi connectivity index (χ0) is 15.2. The Hall–Kier alpha value is -1.68. The summed E-state index contributed by atoms with van der Waals surface area (Å²) in [5.74, 6) is -0.449. The van der Waals surface area contributed by atoms with Gasteiger partial charge in [0.1, 0.15) is 5.82 Å². The zero-order valence-electron chi connectivity index (χ0n) is 12.2. The van der Waals surface area contributed by atoms with E-state index in [9.17, 15) is 9.18 Å². The summed E-state index contributed by atoms with van der Waals surface area (Å²) in [6.07, 6.45) is 2.35. The molecule has 0 aliphatic heterocycles. The van der Waals surface area contributed by atoms with E-state index in [2.05, 4.69) is 5.32 Å². The summed E-state index contributed by atoms with van der Waals surface area (Å²) in [7, 11) is 0. The van der Waals surface area contributed by atoms with Gasteiger partial charge in [-0.15, -0.1) is 0 Å². The fourth-order valence-electron chi connectivity index (χ4n) is 1.72. The Morgan fingerprint density at radius 1 is 1.35 bits per heavy atom. The van der Waals surface area contributed by atoms with Crippen LogP contribution in [0.2, 0.25) is 0 Å². The number of amides is 1. The standard InChI is InChI=1S/C16H22FNO2/c1-12(10-13-4-6-14(17)7-5-13)15(20)18-11-16(2,3)8-9-19/h4-7,10,19H,8-9,11H2,1-3H3,(H,18,20)/b12-10-. The van der Waals surface area contributed by atoms with Gasteiger partial charge in [-0.2, -0.15) is 0 Å². The number of carbonyl (C=O) groups excluding carboxylic acids is 1. The van der Waals surface area contributed by atoms with E-state index in [0.29, 0.717) is 18.5 Å². The third kappa shape index (κ3) is 5.53. The van der Waals surface area contributed by atoms with Gasteiger partial charge in [0.2, 0.25) is 5.91 Å². The van der Waals surface area contributed by atoms with Crippen molar-refractivity contribution in [1.82, 2.24) is 5.32 Å². The number of carbonyl (C=O) groups is 1. The van der Waals surface area contributed by atoms with Crippen molar-refractivity contribution in [1.29, 1.82) is 0 Å². The molecule has 3 nitrogen and oxygen atoms in total. The lowest BCUT2D eigenvalue weighted by molar-refractivity contribution is -0.117. The first kappa shape index (κ1) is 16.4. The summed E-state index contributed by atoms with van der Waals surface area (Å²) in [6, 6.07) is 5.98. The van der Waals surface area contributed by atoms with Crippen molar-refractivity contribution in [2.24, 2.45) is 5.41 Å². The number of aliphatic hydroxyl groups is 1. The number of nitrogens with one attached hydrogen (secondary N) is 1. The van der Waals surface area contributed by atoms with Crippen LogP contribution >= 0.6 is 0 Å². The monoisotopic (exact) mass is 279 g/mol. The second kappa shape index (κ2) is 7.20. The maximum atomic E-state index is 12.8. The number of hydrogen-bond acceptors (Lipinski definition) is 2. The fourth-order valence-corrected chi connectivity index (χ4v) is 1.72. The average molecular weight is 279 g/mol. The number of hydrogen-bond donors (Lipinski definition) is 2. The minimum absolute atomic E-state index is 0.104. The van der Waals surface area contributed by atoms with E-state index in [4.69, 9.17) is 5.11 Å². The van der Waals surface area contributed by atoms with Crippen LogP contribution in [-0.2, 0) is 4.79 Å². The second-order valence-electron chi connectivity index (χ2n) is 5.70. The van der Waals surface area contributed by atoms with Crippen LogP contribution in [0.5, 0.6) is 0 Å². The van der Waals surface area contributed by atoms with E-state index >= 15 is 0 Å². The molecule has 1 aromatic carbocycles. The molecular weight excluding hydrogens is 257 g/mol. The van der Waals surface area contributed by atoms with Crippen molar-refractivity contribution in [3.8, 4) is 0 Å². The molecule has 0 aliphatic rings. The zero-order valence-corrected chi connectivity index (χ0v) is 12.2. The highest BCUT2D eigenvalue weighted by atomic mass is 19.1. The summed E-state index contributed by atoms with van der Waals surface area (Å²) in [4.78, 5) is 11.9. The second-order valence-corrected chi connectivity index (χ2v) is 5.70. The Bertz CT molecular complexity index is 478. The molecule has 1 rings (SSSR count). The van der Waals surface area contributed by atoms with E-state index in [-0.39, 0.29) is 23.7 Å². The summed E-state index contributed by atoms with van der Waals surface area (Å²) >= 11 is 0. The molecule has 0 saturated heterocycles. The van der Waals surface area contributed by atoms with E-state index in [1.54, 1.807) is 25.1 Å². The van der Waals surface area contributed by atoms with Gasteiger partial charge >= 0.3 is 0 Å². The number of halogens is 1. The van der Waals surface area contributed by atoms with Gasteiger partial charge in [0.25, 0.3) is 0 Å². The SMILES string of the molecule is C/C(=C/c1ccc(F)cc1)C(=O)NCC(C)(C)CCO. The quantitative estimate of drug-likeness (QED) is 0.787. The molecule has 0 fully saturated rings. The number of benzene rings is 1. The van der Waals surface area contributed by atoms with Gasteiger partial charge in [-0.05, 0) is 42.5 Å². The minimum Gasteiger partial charge on any atom is -0.396 e. The first-order valence-electron chi connectivity index (χ1n) is 6.67. The molecule has 0 aliphatic carbocycles. The van der Waals surface area contributed by atoms with Gasteiger partial charge in [0.05, 0.1) is 0 Å². The van der Waals surface area contributed by atoms with Crippen LogP contribution < -0.4 is 5.32 Å². The van der Waals surface area contributed by atoms with Crippen molar-refractivity contribution in [2.75, 3.05) is 13.2 Å². The van der Waals surface area contributed by atoms with Crippen molar-refractivity contribution in [3.05, 3.63) is 41.2 Å². The van der Waals surface area contributed by atoms with Gasteiger partial charge in [-0.3, -0.25) is 4.79 Å². The summed E-state index contributed by atoms with van der Waals surface area (Å²) in [5.41, 5.74) is 1.21. The molecule has 0 atom stereocenters. The summed E-state index contributed by atoms with van der Waals surface area (Å²) < 4.78 is 12.8. The molecule has 2 N–H and O–H groups in total. The Kier molecular flexibility index (Phi) is 5.89. The Morgan fingerprint density at radius 3 is 2.50 bits per heavy atom. The van der Waals surface area contributed by atoms with Crippen LogP contribution in [0.3, 0.4) is 0 Å². The molecule has 20 heavy (non-hydrogen) atoms. The van der Waals surface area contributed by atoms with E-state index in [0.717, 1.165) is 5.56 Å². The maximum absolute atomic E-state index is 12.8. The largest absolute Gasteiger partial charge is 0.396 e. The molecule has 0 bridgehead atoms. The van der Waals surface area contributed by atoms with Gasteiger partial charge in [-0.1, -0.05) is 26.0 Å². The van der Waals surface area contributed by atoms with Crippen LogP contribution in [0.15, 0.2) is 29.8 Å². The van der Waals surface area contributed by atoms with E-state index in [1.165, 1.54) is 12.1 Å². The first-order chi connectivity index (χ1) is 9.34. The molecule has 4 heteroatoms. The Labute approximate surface area is 119 Å². The predicted molar refractivity (Wildman–Crippen MR) is 78.5 cm³/mol. The van der Waals surface area contributed by atoms with E-state index in [1.807, 2.05) is 13.8 Å². The Balaban J connectivity index is 2.61. The molecular formula is C16H22FNO2. The normalized spacial score (nSPS) is 12.3. The third-order valence-electron chi connectivity index (χ3n) is 3.13. The van der Waals surface area contributed by atoms with Crippen LogP contribution in [0.1, 0.15) is 32.8 Å². The lowest BCUT2D eigenvalue weighted by Crippen LogP contribution is -2.34. The van der Waals surface area contributed by atoms with Crippen LogP contribution in [-0.4, -0.2) is 24.2 Å². The number of rotatable bonds is 6. The lowest BCUT2D eigenvalue weighted by Gasteiger charge is -2.23. The van der Waals surface area contributed by atoms with Gasteiger partial charge in [0.15, 0.2) is 0 Å². The van der Waals surface area contributed by atoms with Crippen molar-refractivity contribution in [3.63, 3.8) is 0 Å². The smallest absolute Gasteiger partial charge is 0.246 e. The summed E-state index contributed by atoms with van der Waals surface area (Å²) in [5, 5.41) is 11.8. The highest BCUT2D eigenvalue weighted by Gasteiger charge is 2.18. The summed E-state index contributed by atoms with van der Waals surface area (Å²) in [6.45, 7) is 6.30. The molecule has 0 heterocycles. The van der Waals surface area contributed by atoms with E-state index < -0.39 is 0 Å². The highest BCUT2D eigenvalue weighted by molar-refractivity contribution is 5.97. The van der Waals surface area contributed by atoms with Crippen molar-refractivity contribution >= 4 is 12.0 Å². The Morgan fingerprint density at radius 2 is 1.95 bits per heavy atom. The van der Waals surface area contributed by atoms with Crippen LogP contribution in [0.25, 0.3) is 6.08 Å². The predicted octanol–water partition coefficient (Wildman–Crippen LogP) is 2.75. The molecule has 0 saturated carbocycles. The minimum atomic E-state index is -0.296. The average Bonchev–Trinajstić information content (AvgIpc) is 2.38. The lowest BCUT2D eigenvalue weighted by atomic mass is 9.89. The first-order valence-corrected chi connectivity index (χ1v) is 6.67. The maximum Gasteiger partial charge on any atom is 0.246 e. The molecule has 1 aromatic rings. The third-order valence-corrected chi connectivity index (χ3v) is 3.13. The van der Waals surface area contributed by atoms with Gasteiger partial charge in [-0.25, -0.2) is 4.39 Å². The van der Waals surface area contributed by atoms with Crippen molar-refractivity contribution < 1.29 is 14.3 Å². The van der Waals surface area contributed by atoms with Crippen LogP contribution in [0, 0.1) is 11.2 Å². The molecule has 0 radical (unpaired) electrons. The molecule has 0 aromatic heterocycles. The number of aliphatic hydroxyl groups excluding tert-OH is 1. The highest BCUT2D eigenvalue weighted by Crippen LogP contribution is 2.18. The van der Waals surface area contributed by atoms with Crippen LogP contribution in [0.4, 0.5) is 4.39 Å². The topological polar surface area (TPSA) is 49.3 Å².